The zero-order valence-corrected chi connectivity index (χ0v) is 41.7. The maximum atomic E-state index is 14.6. The van der Waals surface area contributed by atoms with Gasteiger partial charge >= 0.3 is 20.1 Å². The average molecular weight is 1140 g/mol. The number of hydrogen-bond acceptors (Lipinski definition) is 3. The van der Waals surface area contributed by atoms with Crippen LogP contribution in [0, 0.1) is 59.2 Å². The molecule has 9 aromatic rings. The number of aryl methyl sites for hydroxylation is 4. The zero-order chi connectivity index (χ0) is 48.8. The van der Waals surface area contributed by atoms with E-state index in [-0.39, 0.29) is 31.2 Å². The second-order valence-electron chi connectivity index (χ2n) is 19.0. The molecule has 6 aromatic carbocycles. The van der Waals surface area contributed by atoms with Gasteiger partial charge in [0.15, 0.2) is 0 Å². The first-order chi connectivity index (χ1) is 35.2. The molecule has 2 atom stereocenters. The van der Waals surface area contributed by atoms with Gasteiger partial charge in [-0.05, 0) is 122 Å². The molecule has 2 unspecified atom stereocenters. The molecule has 4 aliphatic rings. The van der Waals surface area contributed by atoms with E-state index in [0.29, 0.717) is 54.8 Å². The molecule has 73 heavy (non-hydrogen) atoms. The van der Waals surface area contributed by atoms with Crippen molar-refractivity contribution in [3.8, 4) is 67.0 Å². The molecule has 0 spiro atoms. The second kappa shape index (κ2) is 20.1. The zero-order valence-electron chi connectivity index (χ0n) is 39.3. The Balaban J connectivity index is 0.00000574. The number of allylic oxidation sites excluding steroid dienone is 6. The predicted octanol–water partition coefficient (Wildman–Crippen LogP) is 15.2. The summed E-state index contributed by atoms with van der Waals surface area (Å²) >= 11 is 0. The molecule has 4 bridgehead atoms. The van der Waals surface area contributed by atoms with Gasteiger partial charge in [-0.1, -0.05) is 162 Å². The van der Waals surface area contributed by atoms with Gasteiger partial charge in [0.2, 0.25) is 0 Å². The maximum absolute atomic E-state index is 14.6. The van der Waals surface area contributed by atoms with Crippen molar-refractivity contribution in [2.24, 2.45) is 17.8 Å². The monoisotopic (exact) mass is 1140 g/mol. The molecule has 0 amide bonds. The van der Waals surface area contributed by atoms with Gasteiger partial charge in [-0.3, -0.25) is 28.6 Å². The standard InChI is InChI=1S/C65H44F4N3.Ir/c66-49-20-22-56(60(68)35-49)62-24-14-41(38-70-62)10-12-43-32-44(13-11-42-15-25-63(71-39-42)57-23-21-50(67)36-61(57)69)34-48(33-43)51-8-4-5-9-52(51)59-40-72-64(65-29-26-53-54(27-30-65)55(53)28-31-65)37-58(59)47-18-16-46(17-19-47)45-6-2-1-3-7-45;/h1-9,14-21,24-30,32-40,53-55H,10-13H2;/q-3;+3. The molecule has 8 heteroatoms. The summed E-state index contributed by atoms with van der Waals surface area (Å²) in [6, 6.07) is 53.4. The van der Waals surface area contributed by atoms with Gasteiger partial charge in [0.25, 0.3) is 0 Å². The van der Waals surface area contributed by atoms with Crippen molar-refractivity contribution in [1.82, 2.24) is 15.0 Å². The summed E-state index contributed by atoms with van der Waals surface area (Å²) in [5, 5.41) is 0. The van der Waals surface area contributed by atoms with E-state index < -0.39 is 28.7 Å². The van der Waals surface area contributed by atoms with Crippen LogP contribution in [-0.4, -0.2) is 15.0 Å². The van der Waals surface area contributed by atoms with E-state index in [1.54, 1.807) is 24.5 Å². The van der Waals surface area contributed by atoms with Gasteiger partial charge in [-0.25, -0.2) is 0 Å². The number of hydrogen-bond donors (Lipinski definition) is 0. The van der Waals surface area contributed by atoms with Crippen LogP contribution in [0.5, 0.6) is 0 Å². The Morgan fingerprint density at radius 3 is 1.53 bits per heavy atom. The fourth-order valence-electron chi connectivity index (χ4n) is 10.4. The molecule has 3 nitrogen and oxygen atoms in total. The molecule has 0 aliphatic heterocycles. The number of halogens is 4. The molecule has 3 heterocycles. The van der Waals surface area contributed by atoms with Crippen LogP contribution in [0.4, 0.5) is 17.6 Å². The minimum absolute atomic E-state index is 0. The first kappa shape index (κ1) is 47.7. The minimum Gasteiger partial charge on any atom is -0.480 e. The van der Waals surface area contributed by atoms with E-state index >= 15 is 0 Å². The Morgan fingerprint density at radius 2 is 0.973 bits per heavy atom. The van der Waals surface area contributed by atoms with Crippen LogP contribution in [-0.2, 0) is 51.2 Å². The summed E-state index contributed by atoms with van der Waals surface area (Å²) in [5.41, 5.74) is 14.2. The first-order valence-corrected chi connectivity index (χ1v) is 24.3. The van der Waals surface area contributed by atoms with Crippen LogP contribution in [0.3, 0.4) is 0 Å². The van der Waals surface area contributed by atoms with E-state index in [0.717, 1.165) is 96.7 Å². The summed E-state index contributed by atoms with van der Waals surface area (Å²) < 4.78 is 56.5. The molecule has 356 valence electrons. The van der Waals surface area contributed by atoms with Crippen LogP contribution in [0.15, 0.2) is 201 Å². The summed E-state index contributed by atoms with van der Waals surface area (Å²) in [6.45, 7) is 0. The van der Waals surface area contributed by atoms with E-state index in [1.807, 2.05) is 24.4 Å². The van der Waals surface area contributed by atoms with Crippen molar-refractivity contribution in [1.29, 1.82) is 0 Å². The predicted molar refractivity (Wildman–Crippen MR) is 276 cm³/mol. The van der Waals surface area contributed by atoms with Crippen LogP contribution < -0.4 is 0 Å². The summed E-state index contributed by atoms with van der Waals surface area (Å²) in [6.07, 6.45) is 23.6. The molecule has 13 rings (SSSR count). The van der Waals surface area contributed by atoms with Crippen LogP contribution in [0.2, 0.25) is 0 Å². The van der Waals surface area contributed by atoms with Gasteiger partial charge in [-0.15, -0.1) is 36.4 Å². The maximum Gasteiger partial charge on any atom is 3.00 e. The molecule has 0 radical (unpaired) electrons. The van der Waals surface area contributed by atoms with Gasteiger partial charge in [0.05, 0.1) is 0 Å². The van der Waals surface area contributed by atoms with Gasteiger partial charge in [-0.2, -0.15) is 0 Å². The molecule has 0 saturated heterocycles. The Labute approximate surface area is 436 Å². The second-order valence-corrected chi connectivity index (χ2v) is 19.0. The third-order valence-electron chi connectivity index (χ3n) is 14.4. The molecule has 3 aromatic heterocycles. The number of rotatable bonds is 13. The first-order valence-electron chi connectivity index (χ1n) is 24.3. The Bertz CT molecular complexity index is 3420. The average Bonchev–Trinajstić information content (AvgIpc) is 4.20. The molecular formula is C65H44F4IrN3. The largest absolute Gasteiger partial charge is 3.00 e. The fraction of sp³-hybridized carbons (Fsp3) is 0.123. The third kappa shape index (κ3) is 9.73. The molecule has 1 fully saturated rings. The molecule has 1 saturated carbocycles. The Hall–Kier alpha value is -7.64. The number of pyridine rings is 3. The number of aromatic nitrogens is 3. The normalized spacial score (nSPS) is 18.0. The number of benzene rings is 6. The van der Waals surface area contributed by atoms with E-state index in [1.165, 1.54) is 0 Å². The molecular weight excluding hydrogens is 1090 g/mol. The van der Waals surface area contributed by atoms with Crippen molar-refractivity contribution < 1.29 is 37.7 Å². The van der Waals surface area contributed by atoms with Crippen molar-refractivity contribution in [2.75, 3.05) is 0 Å². The fourth-order valence-corrected chi connectivity index (χ4v) is 10.4. The summed E-state index contributed by atoms with van der Waals surface area (Å²) in [4.78, 5) is 14.3. The quantitative estimate of drug-likeness (QED) is 0.0656. The van der Waals surface area contributed by atoms with E-state index in [4.69, 9.17) is 4.98 Å². The smallest absolute Gasteiger partial charge is 0.480 e. The van der Waals surface area contributed by atoms with Crippen LogP contribution >= 0.6 is 0 Å². The van der Waals surface area contributed by atoms with Crippen molar-refractivity contribution in [3.05, 3.63) is 270 Å². The van der Waals surface area contributed by atoms with Gasteiger partial charge in [0, 0.05) is 53.1 Å². The SMILES string of the molecule is Fc1c[c-]c(-c2ccc(CCc3cc(CCc4ccc(-c5[c-]cc(F)cc5F)nc4)cc(-c4ccccc4-c4cnc(C56[C-]=CC7C(C=C5)C7C=C6)cc4-c4ccc(-c5ccccc5)cc4)c3)cn2)c(F)c1.[Ir+3]. The van der Waals surface area contributed by atoms with Crippen LogP contribution in [0.25, 0.3) is 67.0 Å². The van der Waals surface area contributed by atoms with Crippen molar-refractivity contribution in [3.63, 3.8) is 0 Å². The molecule has 4 aliphatic carbocycles. The summed E-state index contributed by atoms with van der Waals surface area (Å²) in [7, 11) is 0. The van der Waals surface area contributed by atoms with E-state index in [9.17, 15) is 17.6 Å². The van der Waals surface area contributed by atoms with E-state index in [2.05, 4.69) is 156 Å². The van der Waals surface area contributed by atoms with Crippen LogP contribution in [0.1, 0.15) is 27.9 Å². The Morgan fingerprint density at radius 1 is 0.438 bits per heavy atom. The van der Waals surface area contributed by atoms with Crippen molar-refractivity contribution in [2.45, 2.75) is 31.1 Å². The topological polar surface area (TPSA) is 38.7 Å². The Kier molecular flexibility index (Phi) is 13.1. The van der Waals surface area contributed by atoms with Gasteiger partial charge in [0.1, 0.15) is 0 Å². The molecule has 0 N–H and O–H groups in total. The summed E-state index contributed by atoms with van der Waals surface area (Å²) in [5.74, 6) is -1.24. The van der Waals surface area contributed by atoms with Gasteiger partial charge < -0.3 is 16.0 Å². The van der Waals surface area contributed by atoms with Crippen molar-refractivity contribution >= 4 is 0 Å². The third-order valence-corrected chi connectivity index (χ3v) is 14.4. The number of nitrogens with zero attached hydrogens (tertiary/aromatic N) is 3. The minimum atomic E-state index is -0.709.